The van der Waals surface area contributed by atoms with Crippen LogP contribution in [0.15, 0.2) is 11.6 Å². The smallest absolute Gasteiger partial charge is 0.311 e. The summed E-state index contributed by atoms with van der Waals surface area (Å²) in [5.41, 5.74) is 0.539. The van der Waals surface area contributed by atoms with Crippen molar-refractivity contribution in [1.82, 2.24) is 4.90 Å². The van der Waals surface area contributed by atoms with Crippen molar-refractivity contribution >= 4 is 11.9 Å². The lowest BCUT2D eigenvalue weighted by atomic mass is 9.42. The number of methoxy groups -OCH3 is 1. The molecule has 3 saturated carbocycles. The van der Waals surface area contributed by atoms with Crippen LogP contribution in [0.25, 0.3) is 0 Å². The van der Waals surface area contributed by atoms with Crippen molar-refractivity contribution < 1.29 is 24.5 Å². The summed E-state index contributed by atoms with van der Waals surface area (Å²) in [5, 5.41) is 20.3. The minimum atomic E-state index is -0.546. The van der Waals surface area contributed by atoms with Gasteiger partial charge in [-0.25, -0.2) is 0 Å². The van der Waals surface area contributed by atoms with E-state index in [-0.39, 0.29) is 41.7 Å². The van der Waals surface area contributed by atoms with Gasteiger partial charge in [0.15, 0.2) is 0 Å². The van der Waals surface area contributed by atoms with E-state index in [0.717, 1.165) is 37.7 Å². The molecule has 170 valence electrons. The first kappa shape index (κ1) is 23.3. The van der Waals surface area contributed by atoms with Gasteiger partial charge in [0.2, 0.25) is 5.91 Å². The van der Waals surface area contributed by atoms with Crippen LogP contribution in [0.4, 0.5) is 0 Å². The molecule has 6 heteroatoms. The molecule has 7 atom stereocenters. The van der Waals surface area contributed by atoms with Crippen molar-refractivity contribution in [3.05, 3.63) is 11.6 Å². The van der Waals surface area contributed by atoms with Crippen LogP contribution in [0.5, 0.6) is 0 Å². The molecular weight excluding hydrogens is 382 g/mol. The van der Waals surface area contributed by atoms with Gasteiger partial charge in [-0.2, -0.15) is 0 Å². The van der Waals surface area contributed by atoms with Crippen molar-refractivity contribution in [2.75, 3.05) is 27.3 Å². The molecule has 0 unspecified atom stereocenters. The highest BCUT2D eigenvalue weighted by Gasteiger charge is 2.62. The van der Waals surface area contributed by atoms with Crippen LogP contribution >= 0.6 is 0 Å². The molecule has 0 aromatic heterocycles. The number of carbonyl (C=O) groups excluding carboxylic acids is 2. The van der Waals surface area contributed by atoms with Crippen molar-refractivity contribution in [2.24, 2.45) is 34.5 Å². The van der Waals surface area contributed by atoms with Crippen LogP contribution in [-0.4, -0.2) is 60.4 Å². The van der Waals surface area contributed by atoms with E-state index in [2.05, 4.69) is 13.8 Å². The SMILES string of the molecule is COC(=O)[C@@]1(C)CCC[C@]2(C)[C@H]3CC/C(=C\C(=O)N(C)CCO)[C@H](C)[C@@H]3[C@@H](O)C[C@@H]21. The quantitative estimate of drug-likeness (QED) is 0.538. The highest BCUT2D eigenvalue weighted by Crippen LogP contribution is 2.65. The Morgan fingerprint density at radius 3 is 2.63 bits per heavy atom. The van der Waals surface area contributed by atoms with Gasteiger partial charge in [-0.3, -0.25) is 9.59 Å². The molecule has 0 bridgehead atoms. The number of fused-ring (bicyclic) bond motifs is 3. The van der Waals surface area contributed by atoms with E-state index in [1.165, 1.54) is 12.0 Å². The van der Waals surface area contributed by atoms with Crippen molar-refractivity contribution in [1.29, 1.82) is 0 Å². The van der Waals surface area contributed by atoms with E-state index in [4.69, 9.17) is 9.84 Å². The number of ether oxygens (including phenoxy) is 1. The molecule has 3 fully saturated rings. The summed E-state index contributed by atoms with van der Waals surface area (Å²) in [7, 11) is 3.16. The van der Waals surface area contributed by atoms with E-state index in [1.54, 1.807) is 13.1 Å². The number of hydrogen-bond acceptors (Lipinski definition) is 5. The van der Waals surface area contributed by atoms with E-state index in [0.29, 0.717) is 18.9 Å². The molecule has 1 amide bonds. The molecule has 30 heavy (non-hydrogen) atoms. The summed E-state index contributed by atoms with van der Waals surface area (Å²) in [6.07, 6.45) is 6.50. The zero-order chi connectivity index (χ0) is 22.3. The largest absolute Gasteiger partial charge is 0.469 e. The minimum absolute atomic E-state index is 0.0113. The average molecular weight is 422 g/mol. The van der Waals surface area contributed by atoms with Crippen molar-refractivity contribution in [2.45, 2.75) is 65.4 Å². The number of allylic oxidation sites excluding steroid dienone is 1. The maximum Gasteiger partial charge on any atom is 0.311 e. The number of amides is 1. The minimum Gasteiger partial charge on any atom is -0.469 e. The molecule has 0 aromatic rings. The van der Waals surface area contributed by atoms with Gasteiger partial charge >= 0.3 is 5.97 Å². The molecule has 0 radical (unpaired) electrons. The molecule has 3 rings (SSSR count). The summed E-state index contributed by atoms with van der Waals surface area (Å²) < 4.78 is 5.19. The summed E-state index contributed by atoms with van der Waals surface area (Å²) in [6, 6.07) is 0. The zero-order valence-corrected chi connectivity index (χ0v) is 19.2. The average Bonchev–Trinajstić information content (AvgIpc) is 2.70. The lowest BCUT2D eigenvalue weighted by Gasteiger charge is -2.62. The molecule has 6 nitrogen and oxygen atoms in total. The van der Waals surface area contributed by atoms with Crippen molar-refractivity contribution in [3.63, 3.8) is 0 Å². The Hall–Kier alpha value is -1.40. The van der Waals surface area contributed by atoms with Gasteiger partial charge in [-0.05, 0) is 68.1 Å². The predicted molar refractivity (Wildman–Crippen MR) is 114 cm³/mol. The number of aliphatic hydroxyl groups excluding tert-OH is 2. The van der Waals surface area contributed by atoms with E-state index in [1.807, 2.05) is 6.92 Å². The Labute approximate surface area is 180 Å². The maximum atomic E-state index is 12.7. The van der Waals surface area contributed by atoms with Gasteiger partial charge in [0.1, 0.15) is 0 Å². The number of aliphatic hydroxyl groups is 2. The Bertz CT molecular complexity index is 706. The molecule has 0 aromatic carbocycles. The van der Waals surface area contributed by atoms with Crippen LogP contribution in [0.2, 0.25) is 0 Å². The highest BCUT2D eigenvalue weighted by molar-refractivity contribution is 5.88. The Morgan fingerprint density at radius 2 is 2.00 bits per heavy atom. The molecule has 0 spiro atoms. The summed E-state index contributed by atoms with van der Waals surface area (Å²) in [5.74, 6) is 0.419. The predicted octanol–water partition coefficient (Wildman–Crippen LogP) is 2.78. The molecule has 0 aliphatic heterocycles. The summed E-state index contributed by atoms with van der Waals surface area (Å²) in [6.45, 7) is 6.75. The molecule has 0 saturated heterocycles. The fourth-order valence-corrected chi connectivity index (χ4v) is 7.20. The van der Waals surface area contributed by atoms with Crippen LogP contribution in [0.3, 0.4) is 0 Å². The molecular formula is C24H39NO5. The summed E-state index contributed by atoms with van der Waals surface area (Å²) in [4.78, 5) is 26.8. The van der Waals surface area contributed by atoms with E-state index < -0.39 is 11.5 Å². The number of esters is 1. The van der Waals surface area contributed by atoms with Crippen LogP contribution in [0, 0.1) is 34.5 Å². The molecule has 2 N–H and O–H groups in total. The first-order chi connectivity index (χ1) is 14.1. The van der Waals surface area contributed by atoms with Gasteiger partial charge in [0.05, 0.1) is 25.2 Å². The Balaban J connectivity index is 1.88. The van der Waals surface area contributed by atoms with Gasteiger partial charge in [-0.1, -0.05) is 25.8 Å². The monoisotopic (exact) mass is 421 g/mol. The lowest BCUT2D eigenvalue weighted by molar-refractivity contribution is -0.189. The lowest BCUT2D eigenvalue weighted by Crippen LogP contribution is -2.60. The fraction of sp³-hybridized carbons (Fsp3) is 0.833. The second-order valence-electron chi connectivity index (χ2n) is 10.3. The number of carbonyl (C=O) groups is 2. The molecule has 0 heterocycles. The molecule has 3 aliphatic carbocycles. The molecule has 3 aliphatic rings. The number of hydrogen-bond donors (Lipinski definition) is 2. The third-order valence-corrected chi connectivity index (χ3v) is 8.89. The maximum absolute atomic E-state index is 12.7. The second kappa shape index (κ2) is 8.62. The third-order valence-electron chi connectivity index (χ3n) is 8.89. The van der Waals surface area contributed by atoms with E-state index in [9.17, 15) is 14.7 Å². The van der Waals surface area contributed by atoms with Crippen LogP contribution in [-0.2, 0) is 14.3 Å². The van der Waals surface area contributed by atoms with Crippen molar-refractivity contribution in [3.8, 4) is 0 Å². The standard InChI is InChI=1S/C24H39NO5/c1-15-16(13-20(28)25(4)11-12-26)7-8-17-21(15)18(27)14-19-23(17,2)9-6-10-24(19,3)22(29)30-5/h13,15,17-19,21,26-27H,6-12,14H2,1-5H3/b16-13+/t15-,17-,18-,19-,21-,23+,24-/m0/s1. The fourth-order valence-electron chi connectivity index (χ4n) is 7.20. The van der Waals surface area contributed by atoms with Crippen LogP contribution < -0.4 is 0 Å². The first-order valence-corrected chi connectivity index (χ1v) is 11.4. The second-order valence-corrected chi connectivity index (χ2v) is 10.3. The van der Waals surface area contributed by atoms with Gasteiger partial charge in [-0.15, -0.1) is 0 Å². The van der Waals surface area contributed by atoms with Crippen LogP contribution in [0.1, 0.15) is 59.3 Å². The third kappa shape index (κ3) is 3.70. The number of rotatable bonds is 4. The van der Waals surface area contributed by atoms with Gasteiger partial charge < -0.3 is 19.8 Å². The van der Waals surface area contributed by atoms with E-state index >= 15 is 0 Å². The van der Waals surface area contributed by atoms with Gasteiger partial charge in [0, 0.05) is 19.7 Å². The first-order valence-electron chi connectivity index (χ1n) is 11.4. The van der Waals surface area contributed by atoms with Gasteiger partial charge in [0.25, 0.3) is 0 Å². The summed E-state index contributed by atoms with van der Waals surface area (Å²) >= 11 is 0. The number of likely N-dealkylation sites (N-methyl/N-ethyl adjacent to an activating group) is 1. The highest BCUT2D eigenvalue weighted by atomic mass is 16.5. The zero-order valence-electron chi connectivity index (χ0n) is 19.2. The topological polar surface area (TPSA) is 87.1 Å². The Kier molecular flexibility index (Phi) is 6.68. The normalized spacial score (nSPS) is 42.2. The Morgan fingerprint density at radius 1 is 1.30 bits per heavy atom. The number of nitrogens with zero attached hydrogens (tertiary/aromatic N) is 1.